The van der Waals surface area contributed by atoms with Gasteiger partial charge in [0.25, 0.3) is 0 Å². The minimum Gasteiger partial charge on any atom is -0.456 e. The summed E-state index contributed by atoms with van der Waals surface area (Å²) in [6.07, 6.45) is 0. The van der Waals surface area contributed by atoms with Crippen molar-refractivity contribution in [2.45, 2.75) is 0 Å². The van der Waals surface area contributed by atoms with Crippen molar-refractivity contribution in [3.63, 3.8) is 0 Å². The highest BCUT2D eigenvalue weighted by molar-refractivity contribution is 7.22. The molecule has 0 radical (unpaired) electrons. The molecule has 0 fully saturated rings. The summed E-state index contributed by atoms with van der Waals surface area (Å²) >= 11 is 3.37. The van der Waals surface area contributed by atoms with Gasteiger partial charge in [-0.15, -0.1) is 22.7 Å². The minimum absolute atomic E-state index is 0.558. The van der Waals surface area contributed by atoms with Crippen molar-refractivity contribution in [3.05, 3.63) is 303 Å². The van der Waals surface area contributed by atoms with Gasteiger partial charge in [-0.25, -0.2) is 29.9 Å². The summed E-state index contributed by atoms with van der Waals surface area (Å²) in [4.78, 5) is 41.0. The molecule has 0 N–H and O–H groups in total. The zero-order valence-electron chi connectivity index (χ0n) is 53.0. The fraction of sp³-hybridized carbons (Fsp3) is 0. The first kappa shape index (κ1) is 57.1. The standard InChI is InChI=1S/C46H27N5OS.C40H23N5OS/c1-3-13-28(14-4-1)43-48-44(29-25-26-37-34(27-29)31-17-7-9-21-36(31)51(37)30-15-5-2-6-16-30)50-45(49-43)32-18-11-22-38-41(32)42-33(19-12-23-39(42)52-38)46-47-35-20-8-10-24-40(35)53-46;1-2-12-24(13-3-1)37-42-38(44-40(43-37)45-30-19-7-4-14-25(30)26-15-5-8-20-31(26)45)27-16-10-21-32-35(27)36-28(17-11-22-33(36)46-32)39-41-29-18-6-9-23-34(29)47-39/h1-27H;1-23H. The molecular formula is C86H50N10O2S2. The van der Waals surface area contributed by atoms with E-state index >= 15 is 0 Å². The molecule has 0 aliphatic carbocycles. The molecule has 0 bridgehead atoms. The van der Waals surface area contributed by atoms with Crippen molar-refractivity contribution in [1.29, 1.82) is 0 Å². The van der Waals surface area contributed by atoms with Gasteiger partial charge >= 0.3 is 0 Å². The topological polar surface area (TPSA) is 139 Å². The van der Waals surface area contributed by atoms with Gasteiger partial charge in [0.2, 0.25) is 5.95 Å². The summed E-state index contributed by atoms with van der Waals surface area (Å²) in [5, 5.41) is 10.4. The van der Waals surface area contributed by atoms with Gasteiger partial charge in [-0.1, -0.05) is 206 Å². The van der Waals surface area contributed by atoms with Crippen LogP contribution in [-0.2, 0) is 0 Å². The van der Waals surface area contributed by atoms with Crippen molar-refractivity contribution in [1.82, 2.24) is 49.0 Å². The van der Waals surface area contributed by atoms with E-state index in [4.69, 9.17) is 48.7 Å². The molecule has 21 aromatic rings. The average molecular weight is 1320 g/mol. The quantitative estimate of drug-likeness (QED) is 0.137. The van der Waals surface area contributed by atoms with E-state index in [2.05, 4.69) is 185 Å². The number of hydrogen-bond acceptors (Lipinski definition) is 12. The molecule has 0 aliphatic heterocycles. The van der Waals surface area contributed by atoms with Crippen molar-refractivity contribution in [2.75, 3.05) is 0 Å². The van der Waals surface area contributed by atoms with Gasteiger partial charge in [0.15, 0.2) is 29.1 Å². The SMILES string of the molecule is c1ccc(-c2nc(-c3ccc4c(c3)c3ccccc3n4-c3ccccc3)nc(-c3cccc4oc5cccc(-c6nc7ccccc7s6)c5c34)n2)cc1.c1ccc(-c2nc(-c3cccc4oc5cccc(-c6nc7ccccc7s6)c5c34)nc(-n3c4ccccc4c4ccccc43)n2)cc1. The molecular weight excluding hydrogens is 1270 g/mol. The number of para-hydroxylation sites is 6. The molecule has 21 rings (SSSR count). The number of furan rings is 2. The molecule has 0 amide bonds. The summed E-state index contributed by atoms with van der Waals surface area (Å²) in [6, 6.07) is 104. The van der Waals surface area contributed by atoms with E-state index < -0.39 is 0 Å². The highest BCUT2D eigenvalue weighted by atomic mass is 32.1. The molecule has 468 valence electrons. The second-order valence-corrected chi connectivity index (χ2v) is 26.6. The average Bonchev–Trinajstić information content (AvgIpc) is 1.57. The van der Waals surface area contributed by atoms with E-state index in [9.17, 15) is 0 Å². The number of benzene rings is 13. The number of rotatable bonds is 9. The summed E-state index contributed by atoms with van der Waals surface area (Å²) in [5.41, 5.74) is 17.1. The lowest BCUT2D eigenvalue weighted by molar-refractivity contribution is 0.668. The smallest absolute Gasteiger partial charge is 0.238 e. The molecule has 8 aromatic heterocycles. The van der Waals surface area contributed by atoms with Gasteiger partial charge in [0, 0.05) is 87.7 Å². The fourth-order valence-electron chi connectivity index (χ4n) is 14.2. The molecule has 14 heteroatoms. The van der Waals surface area contributed by atoms with Gasteiger partial charge in [-0.05, 0) is 97.1 Å². The van der Waals surface area contributed by atoms with E-state index in [0.29, 0.717) is 35.1 Å². The molecule has 0 unspecified atom stereocenters. The Labute approximate surface area is 577 Å². The van der Waals surface area contributed by atoms with E-state index in [1.807, 2.05) is 127 Å². The Bertz CT molecular complexity index is 6690. The summed E-state index contributed by atoms with van der Waals surface area (Å²) in [5.74, 6) is 3.51. The van der Waals surface area contributed by atoms with Crippen LogP contribution in [-0.4, -0.2) is 49.0 Å². The maximum atomic E-state index is 6.51. The second kappa shape index (κ2) is 23.3. The van der Waals surface area contributed by atoms with E-state index in [1.54, 1.807) is 22.7 Å². The summed E-state index contributed by atoms with van der Waals surface area (Å²) < 4.78 is 19.7. The monoisotopic (exact) mass is 1320 g/mol. The van der Waals surface area contributed by atoms with Crippen LogP contribution >= 0.6 is 22.7 Å². The van der Waals surface area contributed by atoms with Crippen LogP contribution in [0.15, 0.2) is 312 Å². The first-order valence-electron chi connectivity index (χ1n) is 32.9. The fourth-order valence-corrected chi connectivity index (χ4v) is 16.2. The number of fused-ring (bicyclic) bond motifs is 14. The van der Waals surface area contributed by atoms with Crippen LogP contribution in [0.3, 0.4) is 0 Å². The van der Waals surface area contributed by atoms with Gasteiger partial charge in [-0.2, -0.15) is 9.97 Å². The molecule has 12 nitrogen and oxygen atoms in total. The van der Waals surface area contributed by atoms with Crippen molar-refractivity contribution >= 4 is 131 Å². The Balaban J connectivity index is 0.000000136. The molecule has 13 aromatic carbocycles. The first-order chi connectivity index (χ1) is 49.6. The lowest BCUT2D eigenvalue weighted by atomic mass is 10.0. The van der Waals surface area contributed by atoms with Gasteiger partial charge < -0.3 is 13.4 Å². The Morgan fingerprint density at radius 2 is 0.620 bits per heavy atom. The predicted molar refractivity (Wildman–Crippen MR) is 407 cm³/mol. The second-order valence-electron chi connectivity index (χ2n) is 24.5. The van der Waals surface area contributed by atoms with Crippen molar-refractivity contribution in [3.8, 4) is 89.7 Å². The van der Waals surface area contributed by atoms with E-state index in [-0.39, 0.29) is 0 Å². The highest BCUT2D eigenvalue weighted by Gasteiger charge is 2.26. The minimum atomic E-state index is 0.558. The zero-order valence-corrected chi connectivity index (χ0v) is 54.6. The van der Waals surface area contributed by atoms with Crippen molar-refractivity contribution < 1.29 is 8.83 Å². The maximum Gasteiger partial charge on any atom is 0.238 e. The lowest BCUT2D eigenvalue weighted by Gasteiger charge is -2.11. The molecule has 0 saturated heterocycles. The number of thiazole rings is 2. The molecule has 0 saturated carbocycles. The Morgan fingerprint density at radius 1 is 0.250 bits per heavy atom. The number of aromatic nitrogens is 10. The Morgan fingerprint density at radius 3 is 1.13 bits per heavy atom. The summed E-state index contributed by atoms with van der Waals surface area (Å²) in [6.45, 7) is 0. The van der Waals surface area contributed by atoms with Crippen LogP contribution in [0.2, 0.25) is 0 Å². The number of hydrogen-bond donors (Lipinski definition) is 0. The van der Waals surface area contributed by atoms with Crippen LogP contribution in [0.25, 0.3) is 198 Å². The molecule has 0 atom stereocenters. The van der Waals surface area contributed by atoms with E-state index in [0.717, 1.165) is 157 Å². The number of nitrogens with zero attached hydrogens (tertiary/aromatic N) is 10. The Hall–Kier alpha value is -13.1. The maximum absolute atomic E-state index is 6.51. The lowest BCUT2D eigenvalue weighted by Crippen LogP contribution is -2.06. The molecule has 0 aliphatic rings. The van der Waals surface area contributed by atoms with Crippen molar-refractivity contribution in [2.24, 2.45) is 0 Å². The summed E-state index contributed by atoms with van der Waals surface area (Å²) in [7, 11) is 0. The molecule has 8 heterocycles. The largest absolute Gasteiger partial charge is 0.456 e. The van der Waals surface area contributed by atoms with E-state index in [1.165, 1.54) is 5.39 Å². The Kier molecular flexibility index (Phi) is 13.3. The normalized spacial score (nSPS) is 11.8. The van der Waals surface area contributed by atoms with Gasteiger partial charge in [-0.3, -0.25) is 4.57 Å². The predicted octanol–water partition coefficient (Wildman–Crippen LogP) is 22.6. The van der Waals surface area contributed by atoms with Crippen LogP contribution < -0.4 is 0 Å². The highest BCUT2D eigenvalue weighted by Crippen LogP contribution is 2.46. The van der Waals surface area contributed by atoms with Crippen LogP contribution in [0.4, 0.5) is 0 Å². The molecule has 100 heavy (non-hydrogen) atoms. The third-order valence-electron chi connectivity index (χ3n) is 18.6. The third-order valence-corrected chi connectivity index (χ3v) is 20.8. The zero-order chi connectivity index (χ0) is 65.8. The van der Waals surface area contributed by atoms with Crippen LogP contribution in [0.1, 0.15) is 0 Å². The van der Waals surface area contributed by atoms with Crippen LogP contribution in [0, 0.1) is 0 Å². The molecule has 0 spiro atoms. The van der Waals surface area contributed by atoms with Gasteiger partial charge in [0.1, 0.15) is 32.3 Å². The first-order valence-corrected chi connectivity index (χ1v) is 34.5. The third kappa shape index (κ3) is 9.48. The van der Waals surface area contributed by atoms with Crippen LogP contribution in [0.5, 0.6) is 0 Å². The van der Waals surface area contributed by atoms with Gasteiger partial charge in [0.05, 0.1) is 42.5 Å².